The maximum absolute atomic E-state index is 9.28. The number of aromatic nitrogens is 1. The summed E-state index contributed by atoms with van der Waals surface area (Å²) in [7, 11) is 0. The third-order valence-electron chi connectivity index (χ3n) is 3.01. The number of rotatable bonds is 5. The number of aliphatic hydroxyl groups excluding tert-OH is 1. The van der Waals surface area contributed by atoms with Crippen LogP contribution in [0.15, 0.2) is 18.5 Å². The molecule has 0 saturated carbocycles. The molecular weight excluding hydrogens is 200 g/mol. The van der Waals surface area contributed by atoms with Crippen LogP contribution in [0.25, 0.3) is 0 Å². The van der Waals surface area contributed by atoms with E-state index in [1.54, 1.807) is 6.20 Å². The fourth-order valence-electron chi connectivity index (χ4n) is 1.80. The number of aryl methyl sites for hydroxylation is 1. The molecule has 16 heavy (non-hydrogen) atoms. The van der Waals surface area contributed by atoms with Crippen LogP contribution >= 0.6 is 0 Å². The average molecular weight is 222 g/mol. The number of nitrogens with one attached hydrogen (secondary N) is 1. The molecule has 2 N–H and O–H groups in total. The predicted molar refractivity (Wildman–Crippen MR) is 66.2 cm³/mol. The van der Waals surface area contributed by atoms with Gasteiger partial charge in [0, 0.05) is 24.5 Å². The van der Waals surface area contributed by atoms with Crippen molar-refractivity contribution >= 4 is 0 Å². The topological polar surface area (TPSA) is 45.2 Å². The zero-order chi connectivity index (χ0) is 12.1. The van der Waals surface area contributed by atoms with Crippen LogP contribution in [-0.4, -0.2) is 22.7 Å². The Labute approximate surface area is 97.9 Å². The van der Waals surface area contributed by atoms with Gasteiger partial charge >= 0.3 is 0 Å². The molecule has 0 aliphatic carbocycles. The molecule has 0 bridgehead atoms. The van der Waals surface area contributed by atoms with Crippen LogP contribution in [0.3, 0.4) is 0 Å². The largest absolute Gasteiger partial charge is 0.395 e. The number of nitrogens with zero attached hydrogens (tertiary/aromatic N) is 1. The van der Waals surface area contributed by atoms with Gasteiger partial charge in [-0.15, -0.1) is 0 Å². The van der Waals surface area contributed by atoms with E-state index in [0.717, 1.165) is 0 Å². The highest BCUT2D eigenvalue weighted by molar-refractivity contribution is 5.24. The van der Waals surface area contributed by atoms with Gasteiger partial charge in [-0.3, -0.25) is 4.98 Å². The zero-order valence-corrected chi connectivity index (χ0v) is 10.6. The van der Waals surface area contributed by atoms with Crippen molar-refractivity contribution in [2.24, 2.45) is 5.92 Å². The first-order valence-electron chi connectivity index (χ1n) is 5.83. The number of hydrogen-bond donors (Lipinski definition) is 2. The highest BCUT2D eigenvalue weighted by atomic mass is 16.3. The van der Waals surface area contributed by atoms with Crippen molar-refractivity contribution in [1.29, 1.82) is 0 Å². The van der Waals surface area contributed by atoms with Crippen LogP contribution in [0.1, 0.15) is 37.9 Å². The van der Waals surface area contributed by atoms with Gasteiger partial charge in [0.25, 0.3) is 0 Å². The van der Waals surface area contributed by atoms with Gasteiger partial charge < -0.3 is 10.4 Å². The van der Waals surface area contributed by atoms with E-state index in [1.165, 1.54) is 11.1 Å². The normalized spacial score (nSPS) is 15.1. The van der Waals surface area contributed by atoms with E-state index in [0.29, 0.717) is 5.92 Å². The van der Waals surface area contributed by atoms with Gasteiger partial charge in [-0.25, -0.2) is 0 Å². The molecule has 1 aromatic rings. The molecule has 0 amide bonds. The third-order valence-corrected chi connectivity index (χ3v) is 3.01. The minimum atomic E-state index is 0.134. The van der Waals surface area contributed by atoms with E-state index in [-0.39, 0.29) is 18.7 Å². The molecule has 2 atom stereocenters. The summed E-state index contributed by atoms with van der Waals surface area (Å²) in [6.45, 7) is 8.57. The maximum Gasteiger partial charge on any atom is 0.0587 e. The van der Waals surface area contributed by atoms with E-state index >= 15 is 0 Å². The van der Waals surface area contributed by atoms with E-state index in [2.05, 4.69) is 38.0 Å². The summed E-state index contributed by atoms with van der Waals surface area (Å²) in [6.07, 6.45) is 3.69. The van der Waals surface area contributed by atoms with Gasteiger partial charge in [0.2, 0.25) is 0 Å². The summed E-state index contributed by atoms with van der Waals surface area (Å²) >= 11 is 0. The molecule has 1 rings (SSSR count). The van der Waals surface area contributed by atoms with Crippen LogP contribution < -0.4 is 5.32 Å². The quantitative estimate of drug-likeness (QED) is 0.801. The van der Waals surface area contributed by atoms with Gasteiger partial charge in [-0.05, 0) is 37.0 Å². The lowest BCUT2D eigenvalue weighted by molar-refractivity contribution is 0.201. The molecular formula is C13H22N2O. The Kier molecular flexibility index (Phi) is 4.90. The maximum atomic E-state index is 9.28. The molecule has 0 fully saturated rings. The molecule has 1 heterocycles. The molecule has 0 aliphatic heterocycles. The standard InChI is InChI=1S/C13H22N2O/c1-9(2)13(8-16)15-11(4)12-7-14-6-5-10(12)3/h5-7,9,11,13,15-16H,8H2,1-4H3/t11?,13-/m1/s1. The van der Waals surface area contributed by atoms with Crippen molar-refractivity contribution < 1.29 is 5.11 Å². The second-order valence-electron chi connectivity index (χ2n) is 4.65. The molecule has 0 spiro atoms. The first kappa shape index (κ1) is 13.1. The Morgan fingerprint density at radius 1 is 1.38 bits per heavy atom. The van der Waals surface area contributed by atoms with Gasteiger partial charge in [-0.1, -0.05) is 13.8 Å². The molecule has 0 aliphatic rings. The van der Waals surface area contributed by atoms with Crippen LogP contribution in [-0.2, 0) is 0 Å². The first-order valence-corrected chi connectivity index (χ1v) is 5.83. The van der Waals surface area contributed by atoms with Gasteiger partial charge in [0.05, 0.1) is 6.61 Å². The Bertz CT molecular complexity index is 325. The summed E-state index contributed by atoms with van der Waals surface area (Å²) in [5.41, 5.74) is 2.43. The Morgan fingerprint density at radius 3 is 2.56 bits per heavy atom. The van der Waals surface area contributed by atoms with Gasteiger partial charge in [0.15, 0.2) is 0 Å². The summed E-state index contributed by atoms with van der Waals surface area (Å²) in [6, 6.07) is 2.36. The van der Waals surface area contributed by atoms with Crippen LogP contribution in [0.5, 0.6) is 0 Å². The Balaban J connectivity index is 2.72. The van der Waals surface area contributed by atoms with E-state index in [4.69, 9.17) is 0 Å². The minimum Gasteiger partial charge on any atom is -0.395 e. The van der Waals surface area contributed by atoms with Gasteiger partial charge in [-0.2, -0.15) is 0 Å². The first-order chi connectivity index (χ1) is 7.56. The Hall–Kier alpha value is -0.930. The highest BCUT2D eigenvalue weighted by Crippen LogP contribution is 2.17. The second-order valence-corrected chi connectivity index (χ2v) is 4.65. The van der Waals surface area contributed by atoms with Crippen molar-refractivity contribution in [2.75, 3.05) is 6.61 Å². The molecule has 0 aromatic carbocycles. The minimum absolute atomic E-state index is 0.134. The summed E-state index contributed by atoms with van der Waals surface area (Å²) in [5.74, 6) is 0.421. The van der Waals surface area contributed by atoms with Gasteiger partial charge in [0.1, 0.15) is 0 Å². The predicted octanol–water partition coefficient (Wildman–Crippen LogP) is 2.06. The van der Waals surface area contributed by atoms with Crippen LogP contribution in [0, 0.1) is 12.8 Å². The van der Waals surface area contributed by atoms with Crippen molar-refractivity contribution in [3.8, 4) is 0 Å². The summed E-state index contributed by atoms with van der Waals surface area (Å²) in [4.78, 5) is 4.14. The lowest BCUT2D eigenvalue weighted by Crippen LogP contribution is -2.38. The summed E-state index contributed by atoms with van der Waals surface area (Å²) < 4.78 is 0. The SMILES string of the molecule is Cc1ccncc1C(C)N[C@H](CO)C(C)C. The zero-order valence-electron chi connectivity index (χ0n) is 10.6. The van der Waals surface area contributed by atoms with Crippen LogP contribution in [0.4, 0.5) is 0 Å². The van der Waals surface area contributed by atoms with E-state index in [9.17, 15) is 5.11 Å². The molecule has 0 saturated heterocycles. The molecule has 90 valence electrons. The molecule has 1 unspecified atom stereocenters. The third kappa shape index (κ3) is 3.29. The molecule has 1 aromatic heterocycles. The molecule has 0 radical (unpaired) electrons. The lowest BCUT2D eigenvalue weighted by atomic mass is 10.0. The van der Waals surface area contributed by atoms with E-state index < -0.39 is 0 Å². The monoisotopic (exact) mass is 222 g/mol. The fourth-order valence-corrected chi connectivity index (χ4v) is 1.80. The number of pyridine rings is 1. The number of hydrogen-bond acceptors (Lipinski definition) is 3. The van der Waals surface area contributed by atoms with E-state index in [1.807, 2.05) is 12.3 Å². The Morgan fingerprint density at radius 2 is 2.06 bits per heavy atom. The fraction of sp³-hybridized carbons (Fsp3) is 0.615. The highest BCUT2D eigenvalue weighted by Gasteiger charge is 2.16. The van der Waals surface area contributed by atoms with Crippen molar-refractivity contribution in [1.82, 2.24) is 10.3 Å². The number of aliphatic hydroxyl groups is 1. The average Bonchev–Trinajstić information content (AvgIpc) is 2.25. The van der Waals surface area contributed by atoms with Crippen LogP contribution in [0.2, 0.25) is 0 Å². The van der Waals surface area contributed by atoms with Crippen molar-refractivity contribution in [3.63, 3.8) is 0 Å². The van der Waals surface area contributed by atoms with Crippen molar-refractivity contribution in [3.05, 3.63) is 29.6 Å². The van der Waals surface area contributed by atoms with Crippen molar-refractivity contribution in [2.45, 2.75) is 39.8 Å². The lowest BCUT2D eigenvalue weighted by Gasteiger charge is -2.25. The summed E-state index contributed by atoms with van der Waals surface area (Å²) in [5, 5.41) is 12.7. The molecule has 3 nitrogen and oxygen atoms in total. The smallest absolute Gasteiger partial charge is 0.0587 e. The second kappa shape index (κ2) is 5.97. The molecule has 3 heteroatoms.